The molecule has 264 valence electrons. The van der Waals surface area contributed by atoms with Gasteiger partial charge in [-0.1, -0.05) is 69.5 Å². The monoisotopic (exact) mass is 690 g/mol. The van der Waals surface area contributed by atoms with Crippen LogP contribution in [0.1, 0.15) is 63.5 Å². The van der Waals surface area contributed by atoms with Gasteiger partial charge in [-0.25, -0.2) is 0 Å². The molecule has 0 atom stereocenters. The molecule has 1 aliphatic rings. The third-order valence-electron chi connectivity index (χ3n) is 8.53. The Bertz CT molecular complexity index is 2050. The Morgan fingerprint density at radius 3 is 1.71 bits per heavy atom. The molecule has 1 saturated carbocycles. The summed E-state index contributed by atoms with van der Waals surface area (Å²) in [6, 6.07) is 18.7. The maximum absolute atomic E-state index is 12.5. The van der Waals surface area contributed by atoms with Gasteiger partial charge in [-0.15, -0.1) is 0 Å². The standard InChI is InChI=1S/C20H21N3O3.C19H21N3O3/c21-11-14(20(26)22-16-6-2-1-3-7-16)10-15-12-23(13-19(24)25)18-9-5-4-8-17(15)18;1-13(2)7-8-21-19(25)14(10-20)9-15-11-22(12-18(23)24)17-6-4-3-5-16(15)17/h4-5,8-10,12,16H,1-3,6-7,13H2,(H,22,26)(H,24,25);3-6,9,11,13H,7-8,12H2,1-2H3,(H,21,25)(H,23,24). The molecule has 51 heavy (non-hydrogen) atoms. The Hall–Kier alpha value is -6.14. The lowest BCUT2D eigenvalue weighted by molar-refractivity contribution is -0.138. The average molecular weight is 691 g/mol. The number of nitriles is 2. The lowest BCUT2D eigenvalue weighted by atomic mass is 9.95. The molecule has 2 aromatic heterocycles. The number of para-hydroxylation sites is 2. The van der Waals surface area contributed by atoms with Crippen molar-refractivity contribution in [1.82, 2.24) is 19.8 Å². The van der Waals surface area contributed by atoms with E-state index < -0.39 is 17.8 Å². The van der Waals surface area contributed by atoms with Crippen molar-refractivity contribution in [3.05, 3.63) is 83.2 Å². The van der Waals surface area contributed by atoms with E-state index in [1.165, 1.54) is 12.5 Å². The van der Waals surface area contributed by atoms with E-state index in [2.05, 4.69) is 24.5 Å². The fourth-order valence-corrected chi connectivity index (χ4v) is 6.02. The third kappa shape index (κ3) is 10.4. The fraction of sp³-hybridized carbons (Fsp3) is 0.333. The molecule has 2 amide bonds. The minimum atomic E-state index is -0.955. The highest BCUT2D eigenvalue weighted by Crippen LogP contribution is 2.25. The van der Waals surface area contributed by atoms with E-state index in [1.54, 1.807) is 27.6 Å². The summed E-state index contributed by atoms with van der Waals surface area (Å²) >= 11 is 0. The number of nitrogens with zero attached hydrogens (tertiary/aromatic N) is 4. The summed E-state index contributed by atoms with van der Waals surface area (Å²) in [6.45, 7) is 4.27. The van der Waals surface area contributed by atoms with Crippen molar-refractivity contribution in [2.45, 2.75) is 71.5 Å². The summed E-state index contributed by atoms with van der Waals surface area (Å²) in [4.78, 5) is 46.7. The van der Waals surface area contributed by atoms with Gasteiger partial charge in [0.15, 0.2) is 0 Å². The molecule has 12 nitrogen and oxygen atoms in total. The first-order chi connectivity index (χ1) is 24.5. The zero-order valence-electron chi connectivity index (χ0n) is 28.8. The summed E-state index contributed by atoms with van der Waals surface area (Å²) in [6.07, 6.45) is 12.5. The van der Waals surface area contributed by atoms with Crippen LogP contribution in [0.3, 0.4) is 0 Å². The Labute approximate surface area is 296 Å². The van der Waals surface area contributed by atoms with Gasteiger partial charge in [0.05, 0.1) is 0 Å². The molecule has 12 heteroatoms. The van der Waals surface area contributed by atoms with Gasteiger partial charge in [0.1, 0.15) is 36.4 Å². The number of amides is 2. The highest BCUT2D eigenvalue weighted by Gasteiger charge is 2.19. The Morgan fingerprint density at radius 2 is 1.25 bits per heavy atom. The van der Waals surface area contributed by atoms with E-state index in [1.807, 2.05) is 60.7 Å². The number of carboxylic acid groups (broad SMARTS) is 2. The first kappa shape index (κ1) is 37.7. The van der Waals surface area contributed by atoms with Crippen LogP contribution in [0.4, 0.5) is 0 Å². The number of carboxylic acids is 2. The zero-order valence-corrected chi connectivity index (χ0v) is 28.8. The second kappa shape index (κ2) is 18.0. The first-order valence-corrected chi connectivity index (χ1v) is 16.9. The van der Waals surface area contributed by atoms with E-state index in [-0.39, 0.29) is 36.2 Å². The van der Waals surface area contributed by atoms with Crippen molar-refractivity contribution < 1.29 is 29.4 Å². The quantitative estimate of drug-likeness (QED) is 0.105. The first-order valence-electron chi connectivity index (χ1n) is 16.9. The molecule has 0 bridgehead atoms. The molecule has 1 fully saturated rings. The van der Waals surface area contributed by atoms with Crippen molar-refractivity contribution >= 4 is 57.7 Å². The van der Waals surface area contributed by atoms with Gasteiger partial charge in [0.2, 0.25) is 0 Å². The number of nitrogens with one attached hydrogen (secondary N) is 2. The Kier molecular flexibility index (Phi) is 13.3. The second-order valence-corrected chi connectivity index (χ2v) is 12.8. The van der Waals surface area contributed by atoms with E-state index in [9.17, 15) is 29.7 Å². The molecule has 4 N–H and O–H groups in total. The molecule has 0 saturated heterocycles. The van der Waals surface area contributed by atoms with Gasteiger partial charge in [-0.05, 0) is 49.5 Å². The molecular weight excluding hydrogens is 648 g/mol. The number of benzene rings is 2. The lowest BCUT2D eigenvalue weighted by Gasteiger charge is -2.22. The lowest BCUT2D eigenvalue weighted by Crippen LogP contribution is -2.36. The maximum atomic E-state index is 12.5. The van der Waals surface area contributed by atoms with Gasteiger partial charge in [0.25, 0.3) is 11.8 Å². The Balaban J connectivity index is 0.000000229. The van der Waals surface area contributed by atoms with E-state index >= 15 is 0 Å². The SMILES string of the molecule is CC(C)CCNC(=O)C(C#N)=Cc1cn(CC(=O)O)c2ccccc12.N#CC(=Cc1cn(CC(=O)O)c2ccccc12)C(=O)NC1CCCCC1. The van der Waals surface area contributed by atoms with Crippen LogP contribution >= 0.6 is 0 Å². The average Bonchev–Trinajstić information content (AvgIpc) is 3.62. The molecule has 0 spiro atoms. The summed E-state index contributed by atoms with van der Waals surface area (Å²) in [7, 11) is 0. The molecule has 2 aromatic carbocycles. The van der Waals surface area contributed by atoms with Crippen molar-refractivity contribution in [2.75, 3.05) is 6.54 Å². The summed E-state index contributed by atoms with van der Waals surface area (Å²) in [5.41, 5.74) is 2.85. The smallest absolute Gasteiger partial charge is 0.323 e. The number of hydrogen-bond donors (Lipinski definition) is 4. The van der Waals surface area contributed by atoms with Gasteiger partial charge < -0.3 is 30.0 Å². The number of aliphatic carboxylic acids is 2. The Morgan fingerprint density at radius 1 is 0.784 bits per heavy atom. The van der Waals surface area contributed by atoms with Crippen molar-refractivity contribution in [2.24, 2.45) is 5.92 Å². The predicted molar refractivity (Wildman–Crippen MR) is 194 cm³/mol. The molecule has 5 rings (SSSR count). The molecule has 4 aromatic rings. The molecule has 1 aliphatic carbocycles. The van der Waals surface area contributed by atoms with Crippen molar-refractivity contribution in [3.63, 3.8) is 0 Å². The largest absolute Gasteiger partial charge is 0.480 e. The van der Waals surface area contributed by atoms with Crippen molar-refractivity contribution in [1.29, 1.82) is 10.5 Å². The van der Waals surface area contributed by atoms with Crippen LogP contribution in [0.25, 0.3) is 34.0 Å². The molecular formula is C39H42N6O6. The minimum Gasteiger partial charge on any atom is -0.480 e. The van der Waals surface area contributed by atoms with Crippen LogP contribution in [0.15, 0.2) is 72.1 Å². The zero-order chi connectivity index (χ0) is 36.9. The van der Waals surface area contributed by atoms with Gasteiger partial charge in [-0.2, -0.15) is 10.5 Å². The second-order valence-electron chi connectivity index (χ2n) is 12.8. The summed E-state index contributed by atoms with van der Waals surface area (Å²) < 4.78 is 3.20. The molecule has 0 aliphatic heterocycles. The number of hydrogen-bond acceptors (Lipinski definition) is 6. The highest BCUT2D eigenvalue weighted by atomic mass is 16.4. The van der Waals surface area contributed by atoms with Crippen LogP contribution in [0.5, 0.6) is 0 Å². The van der Waals surface area contributed by atoms with Crippen LogP contribution in [-0.2, 0) is 32.3 Å². The number of aromatic nitrogens is 2. The van der Waals surface area contributed by atoms with Gasteiger partial charge in [0, 0.05) is 57.9 Å². The maximum Gasteiger partial charge on any atom is 0.323 e. The van der Waals surface area contributed by atoms with Crippen LogP contribution in [-0.4, -0.2) is 55.7 Å². The van der Waals surface area contributed by atoms with Crippen LogP contribution < -0.4 is 10.6 Å². The molecule has 0 unspecified atom stereocenters. The number of fused-ring (bicyclic) bond motifs is 2. The van der Waals surface area contributed by atoms with Gasteiger partial charge >= 0.3 is 11.9 Å². The van der Waals surface area contributed by atoms with Crippen LogP contribution in [0.2, 0.25) is 0 Å². The predicted octanol–water partition coefficient (Wildman–Crippen LogP) is 5.88. The highest BCUT2D eigenvalue weighted by molar-refractivity contribution is 6.05. The minimum absolute atomic E-state index is 0.00184. The van der Waals surface area contributed by atoms with Crippen molar-refractivity contribution in [3.8, 4) is 12.1 Å². The van der Waals surface area contributed by atoms with E-state index in [4.69, 9.17) is 10.2 Å². The number of carbonyl (C=O) groups is 4. The number of rotatable bonds is 12. The summed E-state index contributed by atoms with van der Waals surface area (Å²) in [5.74, 6) is -2.23. The third-order valence-corrected chi connectivity index (χ3v) is 8.53. The van der Waals surface area contributed by atoms with E-state index in [0.717, 1.165) is 53.9 Å². The topological polar surface area (TPSA) is 190 Å². The van der Waals surface area contributed by atoms with Crippen LogP contribution in [0, 0.1) is 28.6 Å². The summed E-state index contributed by atoms with van der Waals surface area (Å²) in [5, 5.41) is 44.2. The molecule has 0 radical (unpaired) electrons. The van der Waals surface area contributed by atoms with E-state index in [0.29, 0.717) is 23.6 Å². The van der Waals surface area contributed by atoms with Gasteiger partial charge in [-0.3, -0.25) is 19.2 Å². The fourth-order valence-electron chi connectivity index (χ4n) is 6.02. The molecule has 2 heterocycles. The normalized spacial score (nSPS) is 13.6. The number of carbonyl (C=O) groups excluding carboxylic acids is 2.